The van der Waals surface area contributed by atoms with Gasteiger partial charge in [0.1, 0.15) is 0 Å². The van der Waals surface area contributed by atoms with Gasteiger partial charge in [0.15, 0.2) is 5.82 Å². The normalized spacial score (nSPS) is 10.6. The smallest absolute Gasteiger partial charge is 0.180 e. The van der Waals surface area contributed by atoms with Crippen molar-refractivity contribution in [3.63, 3.8) is 0 Å². The van der Waals surface area contributed by atoms with Crippen LogP contribution < -0.4 is 4.90 Å². The SMILES string of the molecule is Clc1ccc(-n2cc(N(c3ccccc3)c3ccccc3)nn2)cc1. The van der Waals surface area contributed by atoms with E-state index < -0.39 is 0 Å². The molecule has 4 aromatic rings. The molecule has 4 rings (SSSR count). The number of nitrogens with zero attached hydrogens (tertiary/aromatic N) is 4. The summed E-state index contributed by atoms with van der Waals surface area (Å²) in [6.45, 7) is 0. The lowest BCUT2D eigenvalue weighted by Crippen LogP contribution is -2.10. The van der Waals surface area contributed by atoms with Gasteiger partial charge in [-0.2, -0.15) is 0 Å². The van der Waals surface area contributed by atoms with Gasteiger partial charge in [-0.25, -0.2) is 4.68 Å². The first-order chi connectivity index (χ1) is 12.3. The van der Waals surface area contributed by atoms with Crippen molar-refractivity contribution in [2.75, 3.05) is 4.90 Å². The van der Waals surface area contributed by atoms with E-state index in [1.807, 2.05) is 91.1 Å². The van der Waals surface area contributed by atoms with Crippen LogP contribution in [0.15, 0.2) is 91.1 Å². The first-order valence-corrected chi connectivity index (χ1v) is 8.27. The first kappa shape index (κ1) is 15.4. The molecule has 0 N–H and O–H groups in total. The fourth-order valence-electron chi connectivity index (χ4n) is 2.65. The molecule has 0 aliphatic rings. The highest BCUT2D eigenvalue weighted by atomic mass is 35.5. The third-order valence-corrected chi connectivity index (χ3v) is 4.08. The second-order valence-corrected chi connectivity index (χ2v) is 5.94. The van der Waals surface area contributed by atoms with Crippen LogP contribution in [-0.4, -0.2) is 15.0 Å². The van der Waals surface area contributed by atoms with Gasteiger partial charge in [0.05, 0.1) is 11.9 Å². The molecule has 0 aliphatic heterocycles. The number of hydrogen-bond donors (Lipinski definition) is 0. The fraction of sp³-hybridized carbons (Fsp3) is 0. The molecule has 122 valence electrons. The van der Waals surface area contributed by atoms with Crippen molar-refractivity contribution in [2.24, 2.45) is 0 Å². The van der Waals surface area contributed by atoms with Crippen molar-refractivity contribution >= 4 is 28.8 Å². The van der Waals surface area contributed by atoms with E-state index in [2.05, 4.69) is 15.2 Å². The van der Waals surface area contributed by atoms with Crippen LogP contribution in [0.25, 0.3) is 5.69 Å². The lowest BCUT2D eigenvalue weighted by Gasteiger charge is -2.21. The Hall–Kier alpha value is -3.11. The van der Waals surface area contributed by atoms with Crippen molar-refractivity contribution in [1.82, 2.24) is 15.0 Å². The van der Waals surface area contributed by atoms with Crippen LogP contribution >= 0.6 is 11.6 Å². The zero-order chi connectivity index (χ0) is 17.1. The second kappa shape index (κ2) is 6.79. The van der Waals surface area contributed by atoms with Crippen LogP contribution in [0, 0.1) is 0 Å². The predicted molar refractivity (Wildman–Crippen MR) is 101 cm³/mol. The van der Waals surface area contributed by atoms with Crippen molar-refractivity contribution in [1.29, 1.82) is 0 Å². The van der Waals surface area contributed by atoms with E-state index in [4.69, 9.17) is 11.6 Å². The van der Waals surface area contributed by atoms with E-state index in [1.54, 1.807) is 4.68 Å². The Morgan fingerprint density at radius 2 is 1.28 bits per heavy atom. The van der Waals surface area contributed by atoms with E-state index in [1.165, 1.54) is 0 Å². The Labute approximate surface area is 150 Å². The van der Waals surface area contributed by atoms with Crippen molar-refractivity contribution < 1.29 is 0 Å². The lowest BCUT2D eigenvalue weighted by molar-refractivity contribution is 0.803. The van der Waals surface area contributed by atoms with Crippen LogP contribution in [0.3, 0.4) is 0 Å². The molecule has 3 aromatic carbocycles. The average Bonchev–Trinajstić information content (AvgIpc) is 3.14. The first-order valence-electron chi connectivity index (χ1n) is 7.90. The Balaban J connectivity index is 1.77. The van der Waals surface area contributed by atoms with Crippen molar-refractivity contribution in [3.8, 4) is 5.69 Å². The fourth-order valence-corrected chi connectivity index (χ4v) is 2.77. The molecule has 0 atom stereocenters. The zero-order valence-electron chi connectivity index (χ0n) is 13.3. The van der Waals surface area contributed by atoms with Gasteiger partial charge in [0.25, 0.3) is 0 Å². The third-order valence-electron chi connectivity index (χ3n) is 3.83. The standard InChI is InChI=1S/C20H15ClN4/c21-16-11-13-17(14-12-16)24-15-20(22-23-24)25(18-7-3-1-4-8-18)19-9-5-2-6-10-19/h1-15H. The summed E-state index contributed by atoms with van der Waals surface area (Å²) in [6.07, 6.45) is 1.91. The third kappa shape index (κ3) is 3.25. The Bertz CT molecular complexity index is 910. The summed E-state index contributed by atoms with van der Waals surface area (Å²) < 4.78 is 1.74. The molecule has 25 heavy (non-hydrogen) atoms. The van der Waals surface area contributed by atoms with Crippen molar-refractivity contribution in [3.05, 3.63) is 96.1 Å². The number of aromatic nitrogens is 3. The summed E-state index contributed by atoms with van der Waals surface area (Å²) in [5.74, 6) is 0.743. The van der Waals surface area contributed by atoms with Gasteiger partial charge in [-0.05, 0) is 48.5 Å². The van der Waals surface area contributed by atoms with Gasteiger partial charge < -0.3 is 0 Å². The highest BCUT2D eigenvalue weighted by Gasteiger charge is 2.15. The molecule has 0 unspecified atom stereocenters. The predicted octanol–water partition coefficient (Wildman–Crippen LogP) is 5.39. The van der Waals surface area contributed by atoms with Crippen molar-refractivity contribution in [2.45, 2.75) is 0 Å². The molecule has 0 spiro atoms. The highest BCUT2D eigenvalue weighted by Crippen LogP contribution is 2.32. The molecule has 0 saturated carbocycles. The Kier molecular flexibility index (Phi) is 4.19. The molecule has 0 bridgehead atoms. The summed E-state index contributed by atoms with van der Waals surface area (Å²) in [7, 11) is 0. The molecule has 4 nitrogen and oxygen atoms in total. The molecule has 1 heterocycles. The Morgan fingerprint density at radius 3 is 1.84 bits per heavy atom. The maximum atomic E-state index is 5.96. The number of hydrogen-bond acceptors (Lipinski definition) is 3. The minimum Gasteiger partial charge on any atom is -0.292 e. The minimum atomic E-state index is 0.694. The number of halogens is 1. The number of anilines is 3. The average molecular weight is 347 g/mol. The monoisotopic (exact) mass is 346 g/mol. The van der Waals surface area contributed by atoms with Crippen LogP contribution in [0.4, 0.5) is 17.2 Å². The van der Waals surface area contributed by atoms with E-state index in [0.717, 1.165) is 22.9 Å². The number of para-hydroxylation sites is 2. The van der Waals surface area contributed by atoms with E-state index in [-0.39, 0.29) is 0 Å². The minimum absolute atomic E-state index is 0.694. The molecule has 0 amide bonds. The van der Waals surface area contributed by atoms with Gasteiger partial charge in [0.2, 0.25) is 0 Å². The topological polar surface area (TPSA) is 34.0 Å². The number of benzene rings is 3. The largest absolute Gasteiger partial charge is 0.292 e. The number of rotatable bonds is 4. The highest BCUT2D eigenvalue weighted by molar-refractivity contribution is 6.30. The van der Waals surface area contributed by atoms with Crippen LogP contribution in [0.1, 0.15) is 0 Å². The maximum absolute atomic E-state index is 5.96. The Morgan fingerprint density at radius 1 is 0.720 bits per heavy atom. The lowest BCUT2D eigenvalue weighted by atomic mass is 10.2. The maximum Gasteiger partial charge on any atom is 0.180 e. The molecule has 5 heteroatoms. The summed E-state index contributed by atoms with van der Waals surface area (Å²) in [5, 5.41) is 9.34. The van der Waals surface area contributed by atoms with E-state index in [0.29, 0.717) is 5.02 Å². The van der Waals surface area contributed by atoms with Crippen LogP contribution in [-0.2, 0) is 0 Å². The van der Waals surface area contributed by atoms with Gasteiger partial charge in [-0.1, -0.05) is 53.2 Å². The summed E-state index contributed by atoms with van der Waals surface area (Å²) in [6, 6.07) is 27.7. The van der Waals surface area contributed by atoms with Crippen LogP contribution in [0.2, 0.25) is 5.02 Å². The summed E-state index contributed by atoms with van der Waals surface area (Å²) in [5.41, 5.74) is 2.96. The zero-order valence-corrected chi connectivity index (χ0v) is 14.1. The van der Waals surface area contributed by atoms with E-state index in [9.17, 15) is 0 Å². The van der Waals surface area contributed by atoms with Crippen LogP contribution in [0.5, 0.6) is 0 Å². The quantitative estimate of drug-likeness (QED) is 0.496. The van der Waals surface area contributed by atoms with Gasteiger partial charge in [-0.15, -0.1) is 5.10 Å². The molecule has 0 saturated heterocycles. The molecule has 0 radical (unpaired) electrons. The second-order valence-electron chi connectivity index (χ2n) is 5.50. The van der Waals surface area contributed by atoms with E-state index >= 15 is 0 Å². The molecular weight excluding hydrogens is 332 g/mol. The van der Waals surface area contributed by atoms with Gasteiger partial charge in [-0.3, -0.25) is 4.90 Å². The molecule has 1 aromatic heterocycles. The summed E-state index contributed by atoms with van der Waals surface area (Å²) >= 11 is 5.96. The molecule has 0 aliphatic carbocycles. The van der Waals surface area contributed by atoms with Gasteiger partial charge >= 0.3 is 0 Å². The van der Waals surface area contributed by atoms with Gasteiger partial charge in [0, 0.05) is 16.4 Å². The molecule has 0 fully saturated rings. The summed E-state index contributed by atoms with van der Waals surface area (Å²) in [4.78, 5) is 2.07. The molecular formula is C20H15ClN4.